The summed E-state index contributed by atoms with van der Waals surface area (Å²) in [4.78, 5) is 0. The van der Waals surface area contributed by atoms with Crippen molar-refractivity contribution >= 4 is 0 Å². The van der Waals surface area contributed by atoms with Crippen LogP contribution in [0, 0.1) is 0 Å². The summed E-state index contributed by atoms with van der Waals surface area (Å²) in [6.45, 7) is 0. The van der Waals surface area contributed by atoms with Crippen LogP contribution in [0.2, 0.25) is 0 Å². The largest absolute Gasteiger partial charge is 0.508 e. The first-order valence-electron chi connectivity index (χ1n) is 16.6. The van der Waals surface area contributed by atoms with Crippen LogP contribution in [0.3, 0.4) is 0 Å². The molecule has 9 heteroatoms. The lowest BCUT2D eigenvalue weighted by Crippen LogP contribution is -2.20. The number of fused-ring (bicyclic) bond motifs is 2. The smallest absolute Gasteiger partial charge is 0.135 e. The van der Waals surface area contributed by atoms with Gasteiger partial charge in [0.05, 0.1) is 5.92 Å². The maximum Gasteiger partial charge on any atom is 0.135 e. The van der Waals surface area contributed by atoms with Gasteiger partial charge < -0.3 is 45.6 Å². The summed E-state index contributed by atoms with van der Waals surface area (Å²) in [6, 6.07) is 29.0. The van der Waals surface area contributed by atoms with Crippen LogP contribution in [0.25, 0.3) is 0 Å². The van der Waals surface area contributed by atoms with Gasteiger partial charge in [0.1, 0.15) is 57.8 Å². The molecule has 0 amide bonds. The number of phenolic OH excluding ortho intramolecular Hbond substituents is 8. The molecule has 6 aromatic rings. The summed E-state index contributed by atoms with van der Waals surface area (Å²) in [6.07, 6.45) is -0.693. The lowest BCUT2D eigenvalue weighted by atomic mass is 9.69. The van der Waals surface area contributed by atoms with E-state index in [0.717, 1.165) is 27.8 Å². The maximum atomic E-state index is 12.1. The molecule has 0 radical (unpaired) electrons. The highest BCUT2D eigenvalue weighted by Crippen LogP contribution is 2.70. The average molecular weight is 681 g/mol. The minimum absolute atomic E-state index is 0.0358. The molecule has 0 bridgehead atoms. The number of benzene rings is 6. The van der Waals surface area contributed by atoms with Crippen molar-refractivity contribution < 1.29 is 45.6 Å². The molecule has 0 fully saturated rings. The van der Waals surface area contributed by atoms with Crippen molar-refractivity contribution in [1.82, 2.24) is 0 Å². The van der Waals surface area contributed by atoms with Crippen LogP contribution in [0.4, 0.5) is 0 Å². The molecule has 51 heavy (non-hydrogen) atoms. The molecule has 254 valence electrons. The van der Waals surface area contributed by atoms with Crippen molar-refractivity contribution in [2.45, 2.75) is 35.7 Å². The second-order valence-corrected chi connectivity index (χ2v) is 13.7. The third-order valence-electron chi connectivity index (χ3n) is 10.9. The van der Waals surface area contributed by atoms with Gasteiger partial charge in [-0.2, -0.15) is 0 Å². The van der Waals surface area contributed by atoms with Crippen LogP contribution in [-0.2, 0) is 0 Å². The first-order valence-corrected chi connectivity index (χ1v) is 16.6. The van der Waals surface area contributed by atoms with E-state index in [1.54, 1.807) is 97.1 Å². The quantitative estimate of drug-likeness (QED) is 0.0927. The predicted molar refractivity (Wildman–Crippen MR) is 186 cm³/mol. The fourth-order valence-corrected chi connectivity index (χ4v) is 9.08. The lowest BCUT2D eigenvalue weighted by molar-refractivity contribution is 0.221. The van der Waals surface area contributed by atoms with E-state index in [1.807, 2.05) is 0 Å². The molecule has 6 atom stereocenters. The highest BCUT2D eigenvalue weighted by Gasteiger charge is 2.56. The fourth-order valence-electron chi connectivity index (χ4n) is 9.08. The molecule has 6 aromatic carbocycles. The van der Waals surface area contributed by atoms with Crippen LogP contribution in [0.1, 0.15) is 85.8 Å². The van der Waals surface area contributed by atoms with Gasteiger partial charge in [0, 0.05) is 58.6 Å². The maximum absolute atomic E-state index is 12.1. The van der Waals surface area contributed by atoms with E-state index in [-0.39, 0.29) is 46.0 Å². The lowest BCUT2D eigenvalue weighted by Gasteiger charge is -2.34. The van der Waals surface area contributed by atoms with Crippen LogP contribution in [-0.4, -0.2) is 40.9 Å². The zero-order valence-electron chi connectivity index (χ0n) is 26.8. The first kappa shape index (κ1) is 30.6. The topological polar surface area (TPSA) is 171 Å². The van der Waals surface area contributed by atoms with Crippen LogP contribution >= 0.6 is 0 Å². The van der Waals surface area contributed by atoms with E-state index in [1.165, 1.54) is 12.1 Å². The zero-order chi connectivity index (χ0) is 35.3. The molecule has 9 nitrogen and oxygen atoms in total. The standard InChI is InChI=1S/C42H32O9/c43-23-7-1-19(2-8-23)33-35(22-13-26(46)15-27(47)14-22)40-34(20-3-9-24(44)10-4-20)36-29(16-28(48)17-30(36)49)37-39-32(18-31(50)38(33)41(39)40)51-42(37)21-5-11-25(45)12-6-21/h1-18,33-35,37,40,42-50H/t33-,34-,35-,37-,40+,42+/m1/s1. The number of aromatic hydroxyl groups is 8. The summed E-state index contributed by atoms with van der Waals surface area (Å²) in [5.41, 5.74) is 5.99. The summed E-state index contributed by atoms with van der Waals surface area (Å²) >= 11 is 0. The van der Waals surface area contributed by atoms with Gasteiger partial charge in [0.25, 0.3) is 0 Å². The Bertz CT molecular complexity index is 2330. The summed E-state index contributed by atoms with van der Waals surface area (Å²) in [5.74, 6) is -3.08. The third kappa shape index (κ3) is 4.61. The minimum Gasteiger partial charge on any atom is -0.508 e. The molecule has 9 rings (SSSR count). The Labute approximate surface area is 291 Å². The Kier molecular flexibility index (Phi) is 6.60. The van der Waals surface area contributed by atoms with Crippen LogP contribution in [0.15, 0.2) is 109 Å². The number of hydrogen-bond acceptors (Lipinski definition) is 9. The van der Waals surface area contributed by atoms with E-state index in [2.05, 4.69) is 0 Å². The minimum atomic E-state index is -0.693. The Balaban J connectivity index is 1.44. The monoisotopic (exact) mass is 680 g/mol. The molecule has 1 aliphatic heterocycles. The molecular formula is C42H32O9. The highest BCUT2D eigenvalue weighted by molar-refractivity contribution is 5.72. The van der Waals surface area contributed by atoms with Crippen LogP contribution < -0.4 is 4.74 Å². The highest BCUT2D eigenvalue weighted by atomic mass is 16.5. The van der Waals surface area contributed by atoms with Gasteiger partial charge in [-0.3, -0.25) is 0 Å². The van der Waals surface area contributed by atoms with Crippen molar-refractivity contribution in [3.63, 3.8) is 0 Å². The molecule has 0 saturated heterocycles. The third-order valence-corrected chi connectivity index (χ3v) is 10.9. The van der Waals surface area contributed by atoms with Gasteiger partial charge in [-0.1, -0.05) is 36.4 Å². The van der Waals surface area contributed by atoms with Crippen molar-refractivity contribution in [3.8, 4) is 51.7 Å². The number of rotatable bonds is 4. The molecule has 8 N–H and O–H groups in total. The Morgan fingerprint density at radius 3 is 1.41 bits per heavy atom. The fraction of sp³-hybridized carbons (Fsp3) is 0.143. The molecule has 0 aromatic heterocycles. The molecule has 2 aliphatic carbocycles. The van der Waals surface area contributed by atoms with Gasteiger partial charge >= 0.3 is 0 Å². The second-order valence-electron chi connectivity index (χ2n) is 13.7. The molecule has 3 aliphatic rings. The Morgan fingerprint density at radius 1 is 0.353 bits per heavy atom. The normalized spacial score (nSPS) is 22.5. The van der Waals surface area contributed by atoms with Gasteiger partial charge in [-0.05, 0) is 88.0 Å². The van der Waals surface area contributed by atoms with E-state index in [4.69, 9.17) is 4.74 Å². The predicted octanol–water partition coefficient (Wildman–Crippen LogP) is 7.76. The van der Waals surface area contributed by atoms with Crippen molar-refractivity contribution in [3.05, 3.63) is 159 Å². The van der Waals surface area contributed by atoms with E-state index in [9.17, 15) is 40.9 Å². The number of ether oxygens (including phenoxy) is 1. The van der Waals surface area contributed by atoms with Gasteiger partial charge in [0.15, 0.2) is 0 Å². The van der Waals surface area contributed by atoms with Crippen molar-refractivity contribution in [2.24, 2.45) is 0 Å². The second kappa shape index (κ2) is 11.0. The van der Waals surface area contributed by atoms with Crippen molar-refractivity contribution in [1.29, 1.82) is 0 Å². The van der Waals surface area contributed by atoms with Gasteiger partial charge in [0.2, 0.25) is 0 Å². The molecule has 0 unspecified atom stereocenters. The summed E-state index contributed by atoms with van der Waals surface area (Å²) in [7, 11) is 0. The molecule has 0 saturated carbocycles. The molecule has 0 spiro atoms. The SMILES string of the molecule is Oc1ccc([C@H]2c3c(O)cc4c5c3[C@@H]([C@H](c3ccc(O)cc3)c3c(O)cc(O)cc3[C@H]5[C@H](c3ccc(O)cc3)O4)[C@@H]2c2cc(O)cc(O)c2)cc1. The Hall–Kier alpha value is -6.48. The van der Waals surface area contributed by atoms with Gasteiger partial charge in [-0.25, -0.2) is 0 Å². The van der Waals surface area contributed by atoms with Gasteiger partial charge in [-0.15, -0.1) is 0 Å². The van der Waals surface area contributed by atoms with Crippen molar-refractivity contribution in [2.75, 3.05) is 0 Å². The Morgan fingerprint density at radius 2 is 0.843 bits per heavy atom. The van der Waals surface area contributed by atoms with E-state index >= 15 is 0 Å². The van der Waals surface area contributed by atoms with E-state index in [0.29, 0.717) is 28.0 Å². The zero-order valence-corrected chi connectivity index (χ0v) is 26.8. The number of phenols is 8. The van der Waals surface area contributed by atoms with Crippen LogP contribution in [0.5, 0.6) is 51.7 Å². The summed E-state index contributed by atoms with van der Waals surface area (Å²) < 4.78 is 6.70. The average Bonchev–Trinajstić information content (AvgIpc) is 3.60. The molecule has 1 heterocycles. The first-order chi connectivity index (χ1) is 24.6. The van der Waals surface area contributed by atoms with E-state index < -0.39 is 35.7 Å². The summed E-state index contributed by atoms with van der Waals surface area (Å²) in [5, 5.41) is 87.6. The molecular weight excluding hydrogens is 648 g/mol. The number of hydrogen-bond donors (Lipinski definition) is 8.